The number of aliphatic hydroxyl groups excluding tert-OH is 1. The molecular weight excluding hydrogens is 380 g/mol. The first-order valence-electron chi connectivity index (χ1n) is 13.3. The average Bonchev–Trinajstić information content (AvgIpc) is 2.71. The zero-order valence-corrected chi connectivity index (χ0v) is 21.0. The molecule has 0 amide bonds. The summed E-state index contributed by atoms with van der Waals surface area (Å²) in [6, 6.07) is 0. The maximum atomic E-state index is 12.5. The van der Waals surface area contributed by atoms with Crippen LogP contribution in [0.3, 0.4) is 0 Å². The minimum Gasteiger partial charge on any atom is -0.393 e. The molecule has 0 radical (unpaired) electrons. The van der Waals surface area contributed by atoms with Crippen LogP contribution in [-0.2, 0) is 4.79 Å². The zero-order valence-electron chi connectivity index (χ0n) is 21.0. The van der Waals surface area contributed by atoms with Gasteiger partial charge in [-0.3, -0.25) is 0 Å². The standard InChI is InChI=1S/C29H46O2/c1-19-20-9-12-28(6)24(26(20,4)11-10-23(19)31)8-7-21-22-17-25(2,3)13-15-29(22,18-30)16-14-27(21,28)5/h7,18-20,22-24,31H,8-17H2,1-6H3/t19?,20-,22?,23-,24?,26?,27+,28+,29+/m0/s1. The van der Waals surface area contributed by atoms with Crippen LogP contribution in [0.5, 0.6) is 0 Å². The van der Waals surface area contributed by atoms with E-state index in [1.807, 2.05) is 0 Å². The van der Waals surface area contributed by atoms with Crippen molar-refractivity contribution in [2.24, 2.45) is 50.7 Å². The Morgan fingerprint density at radius 3 is 2.39 bits per heavy atom. The maximum absolute atomic E-state index is 12.5. The van der Waals surface area contributed by atoms with E-state index in [1.165, 1.54) is 51.2 Å². The van der Waals surface area contributed by atoms with Gasteiger partial charge in [0.2, 0.25) is 0 Å². The first-order valence-corrected chi connectivity index (χ1v) is 13.3. The van der Waals surface area contributed by atoms with Gasteiger partial charge in [-0.1, -0.05) is 53.2 Å². The molecule has 2 heteroatoms. The molecule has 0 spiro atoms. The Kier molecular flexibility index (Phi) is 4.80. The predicted molar refractivity (Wildman–Crippen MR) is 126 cm³/mol. The normalized spacial score (nSPS) is 55.7. The predicted octanol–water partition coefficient (Wildman–Crippen LogP) is 6.96. The summed E-state index contributed by atoms with van der Waals surface area (Å²) in [6.07, 6.45) is 15.5. The summed E-state index contributed by atoms with van der Waals surface area (Å²) in [6.45, 7) is 14.9. The number of allylic oxidation sites excluding steroid dienone is 2. The fourth-order valence-electron chi connectivity index (χ4n) is 10.1. The monoisotopic (exact) mass is 426 g/mol. The molecule has 2 nitrogen and oxygen atoms in total. The highest BCUT2D eigenvalue weighted by Crippen LogP contribution is 2.74. The summed E-state index contributed by atoms with van der Waals surface area (Å²) in [5.41, 5.74) is 2.76. The lowest BCUT2D eigenvalue weighted by Crippen LogP contribution is -2.63. The Balaban J connectivity index is 1.58. The second-order valence-electron chi connectivity index (χ2n) is 14.1. The molecule has 174 valence electrons. The van der Waals surface area contributed by atoms with E-state index in [2.05, 4.69) is 47.6 Å². The minimum absolute atomic E-state index is 0.103. The van der Waals surface area contributed by atoms with Crippen LogP contribution in [0.2, 0.25) is 0 Å². The molecule has 4 unspecified atom stereocenters. The largest absolute Gasteiger partial charge is 0.393 e. The topological polar surface area (TPSA) is 37.3 Å². The molecule has 5 aliphatic rings. The van der Waals surface area contributed by atoms with Gasteiger partial charge in [0.1, 0.15) is 6.29 Å². The van der Waals surface area contributed by atoms with Crippen LogP contribution in [0, 0.1) is 50.7 Å². The minimum atomic E-state index is -0.111. The highest BCUT2D eigenvalue weighted by atomic mass is 16.3. The summed E-state index contributed by atoms with van der Waals surface area (Å²) in [4.78, 5) is 12.5. The highest BCUT2D eigenvalue weighted by Gasteiger charge is 2.67. The quantitative estimate of drug-likeness (QED) is 0.363. The third-order valence-corrected chi connectivity index (χ3v) is 12.5. The molecule has 5 aliphatic carbocycles. The van der Waals surface area contributed by atoms with Gasteiger partial charge >= 0.3 is 0 Å². The number of hydrogen-bond acceptors (Lipinski definition) is 2. The lowest BCUT2D eigenvalue weighted by Gasteiger charge is -2.70. The van der Waals surface area contributed by atoms with Gasteiger partial charge in [-0.25, -0.2) is 0 Å². The van der Waals surface area contributed by atoms with Gasteiger partial charge in [0.05, 0.1) is 6.10 Å². The molecule has 0 saturated heterocycles. The van der Waals surface area contributed by atoms with Crippen molar-refractivity contribution in [1.29, 1.82) is 0 Å². The highest BCUT2D eigenvalue weighted by molar-refractivity contribution is 5.63. The van der Waals surface area contributed by atoms with Crippen molar-refractivity contribution in [2.75, 3.05) is 0 Å². The Morgan fingerprint density at radius 2 is 1.68 bits per heavy atom. The van der Waals surface area contributed by atoms with Crippen LogP contribution in [0.25, 0.3) is 0 Å². The van der Waals surface area contributed by atoms with E-state index in [9.17, 15) is 9.90 Å². The average molecular weight is 427 g/mol. The number of rotatable bonds is 1. The number of fused-ring (bicyclic) bond motifs is 7. The van der Waals surface area contributed by atoms with Crippen molar-refractivity contribution in [1.82, 2.24) is 0 Å². The Hall–Kier alpha value is -0.630. The first-order chi connectivity index (χ1) is 14.4. The molecule has 5 rings (SSSR count). The Morgan fingerprint density at radius 1 is 0.968 bits per heavy atom. The van der Waals surface area contributed by atoms with Crippen molar-refractivity contribution in [2.45, 2.75) is 112 Å². The number of aldehydes is 1. The molecule has 4 fully saturated rings. The van der Waals surface area contributed by atoms with Crippen molar-refractivity contribution < 1.29 is 9.90 Å². The van der Waals surface area contributed by atoms with E-state index in [0.29, 0.717) is 39.9 Å². The van der Waals surface area contributed by atoms with E-state index in [1.54, 1.807) is 5.57 Å². The van der Waals surface area contributed by atoms with Crippen LogP contribution in [0.4, 0.5) is 0 Å². The second kappa shape index (κ2) is 6.71. The third kappa shape index (κ3) is 2.75. The molecule has 0 aromatic carbocycles. The van der Waals surface area contributed by atoms with Crippen molar-refractivity contribution in [3.05, 3.63) is 11.6 Å². The fourth-order valence-corrected chi connectivity index (χ4v) is 10.1. The van der Waals surface area contributed by atoms with Crippen LogP contribution in [-0.4, -0.2) is 17.5 Å². The van der Waals surface area contributed by atoms with Gasteiger partial charge in [-0.2, -0.15) is 0 Å². The third-order valence-electron chi connectivity index (χ3n) is 12.5. The lowest BCUT2D eigenvalue weighted by molar-refractivity contribution is -0.180. The molecule has 4 saturated carbocycles. The molecule has 31 heavy (non-hydrogen) atoms. The fraction of sp³-hybridized carbons (Fsp3) is 0.897. The van der Waals surface area contributed by atoms with Gasteiger partial charge in [-0.15, -0.1) is 0 Å². The molecule has 0 heterocycles. The molecular formula is C29H46O2. The number of aliphatic hydroxyl groups is 1. The smallest absolute Gasteiger partial charge is 0.126 e. The van der Waals surface area contributed by atoms with Gasteiger partial charge in [-0.05, 0) is 110 Å². The second-order valence-corrected chi connectivity index (χ2v) is 14.1. The van der Waals surface area contributed by atoms with E-state index >= 15 is 0 Å². The zero-order chi connectivity index (χ0) is 22.4. The van der Waals surface area contributed by atoms with Gasteiger partial charge in [0.15, 0.2) is 0 Å². The van der Waals surface area contributed by atoms with Gasteiger partial charge in [0, 0.05) is 5.41 Å². The van der Waals surface area contributed by atoms with Crippen LogP contribution >= 0.6 is 0 Å². The maximum Gasteiger partial charge on any atom is 0.126 e. The summed E-state index contributed by atoms with van der Waals surface area (Å²) in [7, 11) is 0. The molecule has 0 aromatic rings. The summed E-state index contributed by atoms with van der Waals surface area (Å²) >= 11 is 0. The van der Waals surface area contributed by atoms with E-state index in [-0.39, 0.29) is 16.9 Å². The molecule has 9 atom stereocenters. The number of carbonyl (C=O) groups excluding carboxylic acids is 1. The van der Waals surface area contributed by atoms with Crippen molar-refractivity contribution in [3.63, 3.8) is 0 Å². The number of carbonyl (C=O) groups is 1. The SMILES string of the molecule is CC1[C@@H](O)CCC2(C)C3CC=C4C5CC(C)(C)CC[C@]5(C=O)CC[C@@]4(C)[C@]3(C)CC[C@@H]12. The molecule has 0 aromatic heterocycles. The summed E-state index contributed by atoms with van der Waals surface area (Å²) in [5, 5.41) is 10.6. The van der Waals surface area contributed by atoms with Crippen LogP contribution < -0.4 is 0 Å². The van der Waals surface area contributed by atoms with E-state index in [4.69, 9.17) is 0 Å². The Labute approximate surface area is 190 Å². The summed E-state index contributed by atoms with van der Waals surface area (Å²) in [5.74, 6) is 2.22. The Bertz CT molecular complexity index is 797. The number of hydrogen-bond donors (Lipinski definition) is 1. The van der Waals surface area contributed by atoms with Crippen LogP contribution in [0.1, 0.15) is 106 Å². The molecule has 1 N–H and O–H groups in total. The van der Waals surface area contributed by atoms with Crippen molar-refractivity contribution in [3.8, 4) is 0 Å². The van der Waals surface area contributed by atoms with Gasteiger partial charge in [0.25, 0.3) is 0 Å². The summed E-state index contributed by atoms with van der Waals surface area (Å²) < 4.78 is 0. The van der Waals surface area contributed by atoms with E-state index in [0.717, 1.165) is 19.3 Å². The van der Waals surface area contributed by atoms with Crippen molar-refractivity contribution >= 4 is 6.29 Å². The van der Waals surface area contributed by atoms with Crippen LogP contribution in [0.15, 0.2) is 11.6 Å². The first kappa shape index (κ1) is 22.2. The van der Waals surface area contributed by atoms with E-state index < -0.39 is 0 Å². The molecule has 0 bridgehead atoms. The van der Waals surface area contributed by atoms with Gasteiger partial charge < -0.3 is 9.90 Å². The lowest BCUT2D eigenvalue weighted by atomic mass is 9.34. The molecule has 0 aliphatic heterocycles.